The zero-order valence-electron chi connectivity index (χ0n) is 11.1. The van der Waals surface area contributed by atoms with Crippen molar-refractivity contribution >= 4 is 6.29 Å². The van der Waals surface area contributed by atoms with Gasteiger partial charge in [0.25, 0.3) is 0 Å². The molecule has 1 aromatic carbocycles. The van der Waals surface area contributed by atoms with Crippen molar-refractivity contribution in [3.8, 4) is 11.1 Å². The molecule has 1 heterocycles. The Labute approximate surface area is 107 Å². The molecular weight excluding hydrogens is 224 g/mol. The highest BCUT2D eigenvalue weighted by Crippen LogP contribution is 2.28. The van der Waals surface area contributed by atoms with Crippen molar-refractivity contribution in [2.45, 2.75) is 26.7 Å². The van der Waals surface area contributed by atoms with Gasteiger partial charge in [0.05, 0.1) is 5.69 Å². The van der Waals surface area contributed by atoms with E-state index in [0.29, 0.717) is 5.56 Å². The lowest BCUT2D eigenvalue weighted by Crippen LogP contribution is -1.97. The zero-order chi connectivity index (χ0) is 13.1. The van der Waals surface area contributed by atoms with Gasteiger partial charge in [0.15, 0.2) is 0 Å². The Morgan fingerprint density at radius 2 is 2.06 bits per heavy atom. The van der Waals surface area contributed by atoms with Gasteiger partial charge in [-0.1, -0.05) is 32.0 Å². The Bertz CT molecular complexity index is 570. The molecule has 0 atom stereocenters. The molecule has 2 aromatic rings. The molecule has 0 N–H and O–H groups in total. The Kier molecular flexibility index (Phi) is 3.60. The van der Waals surface area contributed by atoms with Crippen LogP contribution in [-0.2, 0) is 19.9 Å². The standard InChI is InChI=1S/C15H18N2O/c1-4-13-15(14(5-2)17(3)16-13)12-8-6-7-11(9-12)10-18/h6-10H,4-5H2,1-3H3. The first-order valence-corrected chi connectivity index (χ1v) is 6.31. The summed E-state index contributed by atoms with van der Waals surface area (Å²) in [4.78, 5) is 10.9. The molecule has 94 valence electrons. The average molecular weight is 242 g/mol. The highest BCUT2D eigenvalue weighted by Gasteiger charge is 2.15. The number of benzene rings is 1. The fraction of sp³-hybridized carbons (Fsp3) is 0.333. The van der Waals surface area contributed by atoms with E-state index in [9.17, 15) is 4.79 Å². The molecule has 0 unspecified atom stereocenters. The second kappa shape index (κ2) is 5.17. The Hall–Kier alpha value is -1.90. The van der Waals surface area contributed by atoms with Crippen molar-refractivity contribution in [2.24, 2.45) is 7.05 Å². The van der Waals surface area contributed by atoms with Crippen LogP contribution < -0.4 is 0 Å². The minimum Gasteiger partial charge on any atom is -0.298 e. The highest BCUT2D eigenvalue weighted by atomic mass is 16.1. The van der Waals surface area contributed by atoms with Gasteiger partial charge in [-0.25, -0.2) is 0 Å². The number of nitrogens with zero attached hydrogens (tertiary/aromatic N) is 2. The minimum atomic E-state index is 0.709. The van der Waals surface area contributed by atoms with Crippen LogP contribution in [0.25, 0.3) is 11.1 Å². The molecule has 0 aliphatic rings. The first-order chi connectivity index (χ1) is 8.71. The maximum atomic E-state index is 10.9. The number of aromatic nitrogens is 2. The van der Waals surface area contributed by atoms with Crippen molar-refractivity contribution in [3.63, 3.8) is 0 Å². The average Bonchev–Trinajstić information content (AvgIpc) is 2.74. The summed E-state index contributed by atoms with van der Waals surface area (Å²) in [6.07, 6.45) is 2.72. The monoisotopic (exact) mass is 242 g/mol. The lowest BCUT2D eigenvalue weighted by molar-refractivity contribution is 0.112. The molecule has 3 nitrogen and oxygen atoms in total. The third kappa shape index (κ3) is 2.08. The molecule has 0 radical (unpaired) electrons. The quantitative estimate of drug-likeness (QED) is 0.772. The van der Waals surface area contributed by atoms with E-state index in [2.05, 4.69) is 18.9 Å². The maximum Gasteiger partial charge on any atom is 0.150 e. The van der Waals surface area contributed by atoms with Crippen molar-refractivity contribution in [1.29, 1.82) is 0 Å². The molecule has 3 heteroatoms. The van der Waals surface area contributed by atoms with Gasteiger partial charge in [0.1, 0.15) is 6.29 Å². The predicted molar refractivity (Wildman–Crippen MR) is 72.8 cm³/mol. The molecule has 0 saturated heterocycles. The first kappa shape index (κ1) is 12.6. The molecule has 0 bridgehead atoms. The molecule has 18 heavy (non-hydrogen) atoms. The van der Waals surface area contributed by atoms with Gasteiger partial charge in [-0.3, -0.25) is 9.48 Å². The zero-order valence-corrected chi connectivity index (χ0v) is 11.1. The van der Waals surface area contributed by atoms with Crippen molar-refractivity contribution < 1.29 is 4.79 Å². The van der Waals surface area contributed by atoms with Gasteiger partial charge in [0.2, 0.25) is 0 Å². The fourth-order valence-electron chi connectivity index (χ4n) is 2.37. The molecule has 0 saturated carbocycles. The summed E-state index contributed by atoms with van der Waals surface area (Å²) in [7, 11) is 1.98. The normalized spacial score (nSPS) is 10.6. The summed E-state index contributed by atoms with van der Waals surface area (Å²) in [5.41, 5.74) is 5.29. The van der Waals surface area contributed by atoms with Crippen molar-refractivity contribution in [1.82, 2.24) is 9.78 Å². The van der Waals surface area contributed by atoms with Crippen LogP contribution in [0.4, 0.5) is 0 Å². The van der Waals surface area contributed by atoms with E-state index >= 15 is 0 Å². The smallest absolute Gasteiger partial charge is 0.150 e. The van der Waals surface area contributed by atoms with Crippen LogP contribution in [0.5, 0.6) is 0 Å². The summed E-state index contributed by atoms with van der Waals surface area (Å²) in [5.74, 6) is 0. The van der Waals surface area contributed by atoms with Crippen molar-refractivity contribution in [2.75, 3.05) is 0 Å². The lowest BCUT2D eigenvalue weighted by Gasteiger charge is -2.06. The second-order valence-electron chi connectivity index (χ2n) is 4.34. The van der Waals surface area contributed by atoms with Crippen LogP contribution in [0.2, 0.25) is 0 Å². The SMILES string of the molecule is CCc1nn(C)c(CC)c1-c1cccc(C=O)c1. The van der Waals surface area contributed by atoms with E-state index in [0.717, 1.165) is 30.4 Å². The van der Waals surface area contributed by atoms with Crippen molar-refractivity contribution in [3.05, 3.63) is 41.2 Å². The van der Waals surface area contributed by atoms with E-state index in [1.807, 2.05) is 36.0 Å². The van der Waals surface area contributed by atoms with Gasteiger partial charge in [0, 0.05) is 23.9 Å². The van der Waals surface area contributed by atoms with E-state index in [-0.39, 0.29) is 0 Å². The predicted octanol–water partition coefficient (Wildman–Crippen LogP) is 3.02. The number of aryl methyl sites for hydroxylation is 2. The number of carbonyl (C=O) groups excluding carboxylic acids is 1. The van der Waals surface area contributed by atoms with Crippen LogP contribution in [-0.4, -0.2) is 16.1 Å². The number of carbonyl (C=O) groups is 1. The lowest BCUT2D eigenvalue weighted by atomic mass is 9.99. The number of hydrogen-bond acceptors (Lipinski definition) is 2. The Balaban J connectivity index is 2.64. The van der Waals surface area contributed by atoms with Gasteiger partial charge < -0.3 is 0 Å². The Morgan fingerprint density at radius 3 is 2.67 bits per heavy atom. The van der Waals surface area contributed by atoms with Gasteiger partial charge in [-0.2, -0.15) is 5.10 Å². The topological polar surface area (TPSA) is 34.9 Å². The highest BCUT2D eigenvalue weighted by molar-refractivity contribution is 5.80. The van der Waals surface area contributed by atoms with E-state index in [1.165, 1.54) is 11.3 Å². The molecule has 0 aliphatic heterocycles. The van der Waals surface area contributed by atoms with Crippen LogP contribution >= 0.6 is 0 Å². The molecule has 1 aromatic heterocycles. The third-order valence-electron chi connectivity index (χ3n) is 3.22. The van der Waals surface area contributed by atoms with Crippen LogP contribution in [0, 0.1) is 0 Å². The summed E-state index contributed by atoms with van der Waals surface area (Å²) in [6, 6.07) is 7.72. The first-order valence-electron chi connectivity index (χ1n) is 6.31. The van der Waals surface area contributed by atoms with Crippen LogP contribution in [0.1, 0.15) is 35.6 Å². The fourth-order valence-corrected chi connectivity index (χ4v) is 2.37. The van der Waals surface area contributed by atoms with Gasteiger partial charge in [-0.15, -0.1) is 0 Å². The second-order valence-corrected chi connectivity index (χ2v) is 4.34. The maximum absolute atomic E-state index is 10.9. The summed E-state index contributed by atoms with van der Waals surface area (Å²) >= 11 is 0. The largest absolute Gasteiger partial charge is 0.298 e. The van der Waals surface area contributed by atoms with Gasteiger partial charge in [-0.05, 0) is 24.5 Å². The van der Waals surface area contributed by atoms with E-state index in [1.54, 1.807) is 0 Å². The summed E-state index contributed by atoms with van der Waals surface area (Å²) in [5, 5.41) is 4.56. The third-order valence-corrected chi connectivity index (χ3v) is 3.22. The minimum absolute atomic E-state index is 0.709. The number of rotatable bonds is 4. The molecule has 0 amide bonds. The summed E-state index contributed by atoms with van der Waals surface area (Å²) < 4.78 is 1.95. The van der Waals surface area contributed by atoms with Gasteiger partial charge >= 0.3 is 0 Å². The van der Waals surface area contributed by atoms with E-state index < -0.39 is 0 Å². The Morgan fingerprint density at radius 1 is 1.28 bits per heavy atom. The molecule has 0 spiro atoms. The molecular formula is C15H18N2O. The molecule has 0 aliphatic carbocycles. The van der Waals surface area contributed by atoms with E-state index in [4.69, 9.17) is 0 Å². The van der Waals surface area contributed by atoms with Crippen LogP contribution in [0.15, 0.2) is 24.3 Å². The van der Waals surface area contributed by atoms with Crippen LogP contribution in [0.3, 0.4) is 0 Å². The molecule has 2 rings (SSSR count). The summed E-state index contributed by atoms with van der Waals surface area (Å²) in [6.45, 7) is 4.23. The molecule has 0 fully saturated rings. The number of aldehydes is 1. The number of hydrogen-bond donors (Lipinski definition) is 0.